The van der Waals surface area contributed by atoms with Crippen LogP contribution >= 0.6 is 0 Å². The monoisotopic (exact) mass is 250 g/mol. The third-order valence-electron chi connectivity index (χ3n) is 3.22. The van der Waals surface area contributed by atoms with E-state index in [2.05, 4.69) is 9.97 Å². The van der Waals surface area contributed by atoms with Crippen LogP contribution in [0, 0.1) is 11.8 Å². The maximum absolute atomic E-state index is 11.2. The molecule has 3 N–H and O–H groups in total. The molecule has 0 bridgehead atoms. The summed E-state index contributed by atoms with van der Waals surface area (Å²) in [5.74, 6) is -1.36. The van der Waals surface area contributed by atoms with Gasteiger partial charge in [0, 0.05) is 31.4 Å². The number of hydrogen-bond donors (Lipinski definition) is 2. The van der Waals surface area contributed by atoms with Gasteiger partial charge in [-0.3, -0.25) is 9.59 Å². The summed E-state index contributed by atoms with van der Waals surface area (Å²) < 4.78 is 0. The van der Waals surface area contributed by atoms with Crippen LogP contribution in [-0.4, -0.2) is 40.0 Å². The lowest BCUT2D eigenvalue weighted by Crippen LogP contribution is -2.52. The number of nitrogens with two attached hydrogens (primary N) is 1. The third-order valence-corrected chi connectivity index (χ3v) is 3.22. The lowest BCUT2D eigenvalue weighted by Gasteiger charge is -2.42. The summed E-state index contributed by atoms with van der Waals surface area (Å²) in [5, 5.41) is 8.90. The van der Waals surface area contributed by atoms with E-state index >= 15 is 0 Å². The van der Waals surface area contributed by atoms with Crippen molar-refractivity contribution in [3.8, 4) is 0 Å². The van der Waals surface area contributed by atoms with Crippen molar-refractivity contribution in [1.82, 2.24) is 9.97 Å². The molecule has 2 rings (SSSR count). The maximum Gasteiger partial charge on any atom is 0.306 e. The average molecular weight is 250 g/mol. The van der Waals surface area contributed by atoms with Crippen molar-refractivity contribution in [2.75, 3.05) is 18.0 Å². The fourth-order valence-corrected chi connectivity index (χ4v) is 1.94. The number of carboxylic acids is 1. The zero-order chi connectivity index (χ0) is 13.3. The Balaban J connectivity index is 2.09. The van der Waals surface area contributed by atoms with Crippen molar-refractivity contribution in [2.24, 2.45) is 17.6 Å². The Hall–Kier alpha value is -2.18. The van der Waals surface area contributed by atoms with Crippen molar-refractivity contribution < 1.29 is 14.7 Å². The van der Waals surface area contributed by atoms with E-state index < -0.39 is 17.8 Å². The molecule has 1 saturated heterocycles. The molecule has 96 valence electrons. The molecule has 1 aliphatic heterocycles. The summed E-state index contributed by atoms with van der Waals surface area (Å²) in [6, 6.07) is 0. The molecule has 1 atom stereocenters. The van der Waals surface area contributed by atoms with E-state index in [9.17, 15) is 9.59 Å². The normalized spacial score (nSPS) is 17.1. The highest BCUT2D eigenvalue weighted by molar-refractivity contribution is 5.95. The van der Waals surface area contributed by atoms with Gasteiger partial charge in [0.15, 0.2) is 11.5 Å². The highest BCUT2D eigenvalue weighted by Crippen LogP contribution is 2.29. The average Bonchev–Trinajstić information content (AvgIpc) is 2.27. The molecule has 0 aromatic carbocycles. The van der Waals surface area contributed by atoms with Crippen LogP contribution in [0.4, 0.5) is 5.82 Å². The van der Waals surface area contributed by atoms with Crippen LogP contribution in [0.15, 0.2) is 12.4 Å². The van der Waals surface area contributed by atoms with Gasteiger partial charge in [0.2, 0.25) is 0 Å². The first-order valence-corrected chi connectivity index (χ1v) is 5.59. The van der Waals surface area contributed by atoms with Crippen molar-refractivity contribution in [3.63, 3.8) is 0 Å². The molecule has 7 nitrogen and oxygen atoms in total. The fourth-order valence-electron chi connectivity index (χ4n) is 1.94. The van der Waals surface area contributed by atoms with Gasteiger partial charge in [0.05, 0.1) is 5.92 Å². The Bertz CT molecular complexity index is 485. The number of aliphatic carboxylic acids is 1. The van der Waals surface area contributed by atoms with E-state index in [1.807, 2.05) is 4.90 Å². The molecule has 1 amide bonds. The Morgan fingerprint density at radius 3 is 2.61 bits per heavy atom. The number of rotatable bonds is 4. The van der Waals surface area contributed by atoms with Crippen LogP contribution in [-0.2, 0) is 4.79 Å². The summed E-state index contributed by atoms with van der Waals surface area (Å²) in [5.41, 5.74) is 5.34. The SMILES string of the molecule is CC(C(=O)O)C1CN(c2nccnc2C(N)=O)C1. The molecular weight excluding hydrogens is 236 g/mol. The van der Waals surface area contributed by atoms with Gasteiger partial charge in [-0.2, -0.15) is 0 Å². The molecule has 1 aromatic heterocycles. The highest BCUT2D eigenvalue weighted by Gasteiger charge is 2.36. The molecule has 2 heterocycles. The largest absolute Gasteiger partial charge is 0.481 e. The highest BCUT2D eigenvalue weighted by atomic mass is 16.4. The second-order valence-electron chi connectivity index (χ2n) is 4.38. The van der Waals surface area contributed by atoms with Gasteiger partial charge in [-0.25, -0.2) is 9.97 Å². The zero-order valence-corrected chi connectivity index (χ0v) is 9.91. The molecule has 1 aromatic rings. The number of primary amides is 1. The molecule has 0 saturated carbocycles. The minimum atomic E-state index is -0.811. The van der Waals surface area contributed by atoms with Crippen LogP contribution in [0.3, 0.4) is 0 Å². The van der Waals surface area contributed by atoms with Gasteiger partial charge in [0.25, 0.3) is 5.91 Å². The first-order chi connectivity index (χ1) is 8.50. The lowest BCUT2D eigenvalue weighted by molar-refractivity contribution is -0.143. The van der Waals surface area contributed by atoms with Crippen molar-refractivity contribution in [3.05, 3.63) is 18.1 Å². The summed E-state index contributed by atoms with van der Waals surface area (Å²) in [6.07, 6.45) is 2.89. The van der Waals surface area contributed by atoms with Crippen LogP contribution in [0.1, 0.15) is 17.4 Å². The van der Waals surface area contributed by atoms with Gasteiger partial charge < -0.3 is 15.7 Å². The zero-order valence-electron chi connectivity index (χ0n) is 9.91. The maximum atomic E-state index is 11.2. The molecule has 0 radical (unpaired) electrons. The first-order valence-electron chi connectivity index (χ1n) is 5.59. The Labute approximate surface area is 104 Å². The van der Waals surface area contributed by atoms with Gasteiger partial charge in [-0.05, 0) is 0 Å². The van der Waals surface area contributed by atoms with E-state index in [0.717, 1.165) is 0 Å². The van der Waals surface area contributed by atoms with Gasteiger partial charge >= 0.3 is 5.97 Å². The van der Waals surface area contributed by atoms with E-state index in [1.165, 1.54) is 12.4 Å². The molecule has 1 fully saturated rings. The van der Waals surface area contributed by atoms with Crippen molar-refractivity contribution >= 4 is 17.7 Å². The molecule has 1 aliphatic rings. The molecular formula is C11H14N4O3. The van der Waals surface area contributed by atoms with E-state index in [0.29, 0.717) is 18.9 Å². The quantitative estimate of drug-likeness (QED) is 0.761. The number of hydrogen-bond acceptors (Lipinski definition) is 5. The van der Waals surface area contributed by atoms with Crippen molar-refractivity contribution in [1.29, 1.82) is 0 Å². The van der Waals surface area contributed by atoms with Gasteiger partial charge in [-0.1, -0.05) is 6.92 Å². The van der Waals surface area contributed by atoms with Gasteiger partial charge in [0.1, 0.15) is 0 Å². The summed E-state index contributed by atoms with van der Waals surface area (Å²) in [7, 11) is 0. The van der Waals surface area contributed by atoms with E-state index in [-0.39, 0.29) is 11.6 Å². The fraction of sp³-hybridized carbons (Fsp3) is 0.455. The molecule has 18 heavy (non-hydrogen) atoms. The number of amides is 1. The number of anilines is 1. The minimum Gasteiger partial charge on any atom is -0.481 e. The van der Waals surface area contributed by atoms with E-state index in [1.54, 1.807) is 6.92 Å². The number of carbonyl (C=O) groups excluding carboxylic acids is 1. The van der Waals surface area contributed by atoms with Crippen LogP contribution in [0.5, 0.6) is 0 Å². The molecule has 0 aliphatic carbocycles. The lowest BCUT2D eigenvalue weighted by atomic mass is 9.87. The van der Waals surface area contributed by atoms with Crippen molar-refractivity contribution in [2.45, 2.75) is 6.92 Å². The molecule has 1 unspecified atom stereocenters. The van der Waals surface area contributed by atoms with Gasteiger partial charge in [-0.15, -0.1) is 0 Å². The summed E-state index contributed by atoms with van der Waals surface area (Å²) in [6.45, 7) is 2.77. The first kappa shape index (κ1) is 12.3. The van der Waals surface area contributed by atoms with Crippen LogP contribution in [0.2, 0.25) is 0 Å². The predicted molar refractivity (Wildman–Crippen MR) is 63.1 cm³/mol. The summed E-state index contributed by atoms with van der Waals surface area (Å²) >= 11 is 0. The topological polar surface area (TPSA) is 109 Å². The van der Waals surface area contributed by atoms with Crippen LogP contribution in [0.25, 0.3) is 0 Å². The predicted octanol–water partition coefficient (Wildman–Crippen LogP) is -0.268. The van der Waals surface area contributed by atoms with Crippen LogP contribution < -0.4 is 10.6 Å². The minimum absolute atomic E-state index is 0.0604. The Kier molecular flexibility index (Phi) is 3.14. The molecule has 7 heteroatoms. The summed E-state index contributed by atoms with van der Waals surface area (Å²) in [4.78, 5) is 31.8. The number of carbonyl (C=O) groups is 2. The standard InChI is InChI=1S/C11H14N4O3/c1-6(11(17)18)7-4-15(5-7)10-8(9(12)16)13-2-3-14-10/h2-3,6-7H,4-5H2,1H3,(H2,12,16)(H,17,18). The number of carboxylic acid groups (broad SMARTS) is 1. The Morgan fingerprint density at radius 1 is 1.44 bits per heavy atom. The number of nitrogens with zero attached hydrogens (tertiary/aromatic N) is 3. The second-order valence-corrected chi connectivity index (χ2v) is 4.38. The second kappa shape index (κ2) is 4.59. The Morgan fingerprint density at radius 2 is 2.06 bits per heavy atom. The third kappa shape index (κ3) is 2.11. The van der Waals surface area contributed by atoms with E-state index in [4.69, 9.17) is 10.8 Å². The number of aromatic nitrogens is 2. The smallest absolute Gasteiger partial charge is 0.306 e. The molecule has 0 spiro atoms.